The molecule has 0 saturated carbocycles. The number of nitrogens with zero attached hydrogens (tertiary/aromatic N) is 4. The predicted molar refractivity (Wildman–Crippen MR) is 105 cm³/mol. The van der Waals surface area contributed by atoms with Gasteiger partial charge in [-0.05, 0) is 31.2 Å². The largest absolute Gasteiger partial charge is 0.493 e. The molecular weight excluding hydrogens is 404 g/mol. The third-order valence-corrected chi connectivity index (χ3v) is 4.12. The smallest absolute Gasteiger partial charge is 0.276 e. The summed E-state index contributed by atoms with van der Waals surface area (Å²) < 4.78 is 11.0. The Balaban J connectivity index is 2.24. The number of azo groups is 1. The Kier molecular flexibility index (Phi) is 7.21. The van der Waals surface area contributed by atoms with Crippen LogP contribution in [-0.4, -0.2) is 36.9 Å². The molecule has 0 heterocycles. The first-order valence-electron chi connectivity index (χ1n) is 8.16. The van der Waals surface area contributed by atoms with Gasteiger partial charge in [0.1, 0.15) is 0 Å². The number of benzene rings is 2. The van der Waals surface area contributed by atoms with Crippen molar-refractivity contribution in [3.05, 3.63) is 52.6 Å². The van der Waals surface area contributed by atoms with Crippen LogP contribution in [0.4, 0.5) is 17.1 Å². The summed E-state index contributed by atoms with van der Waals surface area (Å²) in [5, 5.41) is 18.3. The van der Waals surface area contributed by atoms with Crippen LogP contribution in [0.3, 0.4) is 0 Å². The molecule has 0 aromatic heterocycles. The number of hydrogen-bond acceptors (Lipinski definition) is 8. The second-order valence-electron chi connectivity index (χ2n) is 5.66. The monoisotopic (exact) mass is 420 g/mol. The van der Waals surface area contributed by atoms with E-state index in [9.17, 15) is 19.7 Å². The summed E-state index contributed by atoms with van der Waals surface area (Å²) in [7, 11) is 2.89. The number of non-ortho nitro benzene ring substituents is 1. The van der Waals surface area contributed by atoms with Crippen molar-refractivity contribution in [2.45, 2.75) is 13.0 Å². The third-order valence-electron chi connectivity index (χ3n) is 3.76. The van der Waals surface area contributed by atoms with Crippen molar-refractivity contribution in [1.29, 1.82) is 0 Å². The van der Waals surface area contributed by atoms with E-state index in [2.05, 4.69) is 10.2 Å². The zero-order valence-corrected chi connectivity index (χ0v) is 16.5. The van der Waals surface area contributed by atoms with Crippen molar-refractivity contribution >= 4 is 40.5 Å². The lowest BCUT2D eigenvalue weighted by Crippen LogP contribution is -2.36. The molecule has 2 aromatic carbocycles. The minimum absolute atomic E-state index is 0.122. The topological polar surface area (TPSA) is 124 Å². The molecule has 0 saturated heterocycles. The van der Waals surface area contributed by atoms with E-state index in [1.165, 1.54) is 57.5 Å². The quantitative estimate of drug-likeness (QED) is 0.210. The average Bonchev–Trinajstić information content (AvgIpc) is 2.72. The van der Waals surface area contributed by atoms with Crippen molar-refractivity contribution < 1.29 is 24.0 Å². The van der Waals surface area contributed by atoms with Crippen LogP contribution in [0.25, 0.3) is 0 Å². The van der Waals surface area contributed by atoms with Crippen molar-refractivity contribution in [2.24, 2.45) is 10.2 Å². The van der Waals surface area contributed by atoms with E-state index in [1.54, 1.807) is 6.07 Å². The molecule has 2 aromatic rings. The Labute approximate surface area is 171 Å². The van der Waals surface area contributed by atoms with Gasteiger partial charge in [-0.3, -0.25) is 19.7 Å². The molecule has 1 amide bonds. The molecule has 0 aliphatic carbocycles. The van der Waals surface area contributed by atoms with E-state index in [0.29, 0.717) is 11.5 Å². The molecule has 0 aliphatic heterocycles. The van der Waals surface area contributed by atoms with Gasteiger partial charge >= 0.3 is 0 Å². The molecule has 11 heteroatoms. The fourth-order valence-corrected chi connectivity index (χ4v) is 2.45. The number of methoxy groups -OCH3 is 2. The normalized spacial score (nSPS) is 11.7. The number of carbonyl (C=O) groups excluding carboxylic acids is 2. The summed E-state index contributed by atoms with van der Waals surface area (Å²) in [6.45, 7) is 1.18. The molecule has 0 N–H and O–H groups in total. The second kappa shape index (κ2) is 9.60. The maximum atomic E-state index is 12.7. The number of rotatable bonds is 8. The number of nitro groups is 1. The Bertz CT molecular complexity index is 948. The van der Waals surface area contributed by atoms with Gasteiger partial charge in [0.15, 0.2) is 17.3 Å². The van der Waals surface area contributed by atoms with Crippen LogP contribution in [0.1, 0.15) is 6.92 Å². The Morgan fingerprint density at radius 3 is 2.24 bits per heavy atom. The first kappa shape index (κ1) is 21.8. The van der Waals surface area contributed by atoms with E-state index in [-0.39, 0.29) is 17.1 Å². The number of halogens is 1. The average molecular weight is 421 g/mol. The van der Waals surface area contributed by atoms with Gasteiger partial charge in [0.05, 0.1) is 30.5 Å². The predicted octanol–water partition coefficient (Wildman–Crippen LogP) is 3.84. The minimum Gasteiger partial charge on any atom is -0.493 e. The van der Waals surface area contributed by atoms with Gasteiger partial charge in [-0.25, -0.2) is 4.42 Å². The van der Waals surface area contributed by atoms with Crippen LogP contribution in [0, 0.1) is 10.1 Å². The number of nitro benzene ring substituents is 1. The molecule has 1 unspecified atom stereocenters. The van der Waals surface area contributed by atoms with Crippen LogP contribution in [0.5, 0.6) is 11.5 Å². The number of ether oxygens (including phenoxy) is 2. The van der Waals surface area contributed by atoms with E-state index in [1.807, 2.05) is 0 Å². The standard InChI is InChI=1S/C18H17ClN4O6/c1-11(24)17(21-20-12-4-6-13(7-5-12)23(26)27)18(25)22(19)14-8-9-15(28-2)16(10-14)29-3/h4-10,17H,1-3H3. The number of hydrogen-bond donors (Lipinski definition) is 0. The molecule has 0 radical (unpaired) electrons. The van der Waals surface area contributed by atoms with Crippen molar-refractivity contribution in [3.8, 4) is 11.5 Å². The fourth-order valence-electron chi connectivity index (χ4n) is 2.25. The van der Waals surface area contributed by atoms with Crippen LogP contribution >= 0.6 is 11.8 Å². The van der Waals surface area contributed by atoms with E-state index < -0.39 is 22.7 Å². The third kappa shape index (κ3) is 5.26. The van der Waals surface area contributed by atoms with Gasteiger partial charge in [0.25, 0.3) is 11.6 Å². The van der Waals surface area contributed by atoms with Crippen molar-refractivity contribution in [1.82, 2.24) is 0 Å². The van der Waals surface area contributed by atoms with Gasteiger partial charge in [0, 0.05) is 30.0 Å². The summed E-state index contributed by atoms with van der Waals surface area (Å²) in [6, 6.07) is 8.19. The number of anilines is 1. The van der Waals surface area contributed by atoms with Crippen LogP contribution in [-0.2, 0) is 9.59 Å². The van der Waals surface area contributed by atoms with Gasteiger partial charge in [-0.2, -0.15) is 10.2 Å². The highest BCUT2D eigenvalue weighted by molar-refractivity contribution is 6.39. The van der Waals surface area contributed by atoms with Gasteiger partial charge in [-0.15, -0.1) is 0 Å². The summed E-state index contributed by atoms with van der Waals surface area (Å²) in [6.07, 6.45) is 0. The molecule has 0 aliphatic rings. The Morgan fingerprint density at radius 2 is 1.72 bits per heavy atom. The lowest BCUT2D eigenvalue weighted by molar-refractivity contribution is -0.384. The minimum atomic E-state index is -1.49. The number of ketones is 1. The highest BCUT2D eigenvalue weighted by Gasteiger charge is 2.29. The summed E-state index contributed by atoms with van der Waals surface area (Å²) in [4.78, 5) is 34.7. The van der Waals surface area contributed by atoms with Gasteiger partial charge < -0.3 is 9.47 Å². The molecule has 0 bridgehead atoms. The maximum absolute atomic E-state index is 12.7. The number of Topliss-reactive ketones (excluding diaryl/α,β-unsaturated/α-hetero) is 1. The molecule has 29 heavy (non-hydrogen) atoms. The van der Waals surface area contributed by atoms with Crippen LogP contribution in [0.15, 0.2) is 52.7 Å². The molecule has 152 valence electrons. The summed E-state index contributed by atoms with van der Waals surface area (Å²) in [5.74, 6) is -0.617. The first-order valence-corrected chi connectivity index (χ1v) is 8.49. The molecular formula is C18H17ClN4O6. The van der Waals surface area contributed by atoms with Crippen LogP contribution < -0.4 is 13.9 Å². The van der Waals surface area contributed by atoms with Crippen LogP contribution in [0.2, 0.25) is 0 Å². The maximum Gasteiger partial charge on any atom is 0.276 e. The molecule has 1 atom stereocenters. The van der Waals surface area contributed by atoms with Crippen molar-refractivity contribution in [3.63, 3.8) is 0 Å². The molecule has 2 rings (SSSR count). The fraction of sp³-hybridized carbons (Fsp3) is 0.222. The van der Waals surface area contributed by atoms with Gasteiger partial charge in [0.2, 0.25) is 6.04 Å². The highest BCUT2D eigenvalue weighted by atomic mass is 35.5. The molecule has 10 nitrogen and oxygen atoms in total. The molecule has 0 spiro atoms. The zero-order valence-electron chi connectivity index (χ0n) is 15.7. The van der Waals surface area contributed by atoms with E-state index in [4.69, 9.17) is 21.3 Å². The first-order chi connectivity index (χ1) is 13.8. The Morgan fingerprint density at radius 1 is 1.10 bits per heavy atom. The van der Waals surface area contributed by atoms with E-state index >= 15 is 0 Å². The number of amides is 1. The Hall–Kier alpha value is -3.53. The highest BCUT2D eigenvalue weighted by Crippen LogP contribution is 2.32. The van der Waals surface area contributed by atoms with E-state index in [0.717, 1.165) is 4.42 Å². The molecule has 0 fully saturated rings. The second-order valence-corrected chi connectivity index (χ2v) is 6.00. The SMILES string of the molecule is COc1ccc(N(Cl)C(=O)C(N=Nc2ccc([N+](=O)[O-])cc2)C(C)=O)cc1OC. The lowest BCUT2D eigenvalue weighted by atomic mass is 10.2. The summed E-state index contributed by atoms with van der Waals surface area (Å²) in [5.41, 5.74) is 0.358. The summed E-state index contributed by atoms with van der Waals surface area (Å²) >= 11 is 6.12. The lowest BCUT2D eigenvalue weighted by Gasteiger charge is -2.18. The van der Waals surface area contributed by atoms with Crippen molar-refractivity contribution in [2.75, 3.05) is 18.6 Å². The van der Waals surface area contributed by atoms with Gasteiger partial charge in [-0.1, -0.05) is 0 Å². The zero-order chi connectivity index (χ0) is 21.6. The number of carbonyl (C=O) groups is 2.